The van der Waals surface area contributed by atoms with Crippen LogP contribution in [0.5, 0.6) is 5.75 Å². The Balaban J connectivity index is 1.75. The van der Waals surface area contributed by atoms with Crippen LogP contribution >= 0.6 is 23.1 Å². The molecule has 3 rings (SSSR count). The Hall–Kier alpha value is -1.92. The minimum Gasteiger partial charge on any atom is -0.506 e. The fourth-order valence-electron chi connectivity index (χ4n) is 1.78. The number of thioether (sulfide) groups is 1. The Morgan fingerprint density at radius 1 is 1.29 bits per heavy atom. The second-order valence-corrected chi connectivity index (χ2v) is 6.35. The van der Waals surface area contributed by atoms with Crippen molar-refractivity contribution in [3.05, 3.63) is 53.4 Å². The monoisotopic (exact) mass is 315 g/mol. The average Bonchev–Trinajstić information content (AvgIpc) is 2.92. The Bertz CT molecular complexity index is 744. The number of pyridine rings is 2. The van der Waals surface area contributed by atoms with Gasteiger partial charge in [0.25, 0.3) is 0 Å². The van der Waals surface area contributed by atoms with Gasteiger partial charge in [-0.25, -0.2) is 9.97 Å². The van der Waals surface area contributed by atoms with Crippen LogP contribution in [0.1, 0.15) is 11.4 Å². The van der Waals surface area contributed by atoms with Gasteiger partial charge in [-0.2, -0.15) is 0 Å². The molecule has 0 atom stereocenters. The van der Waals surface area contributed by atoms with Crippen molar-refractivity contribution in [1.29, 1.82) is 0 Å². The molecule has 3 heterocycles. The number of aryl methyl sites for hydroxylation is 1. The molecule has 0 radical (unpaired) electrons. The molecule has 0 fully saturated rings. The summed E-state index contributed by atoms with van der Waals surface area (Å²) in [5.41, 5.74) is 2.47. The third kappa shape index (κ3) is 3.40. The van der Waals surface area contributed by atoms with Crippen LogP contribution in [0, 0.1) is 6.92 Å². The maximum absolute atomic E-state index is 10.1. The van der Waals surface area contributed by atoms with E-state index in [1.54, 1.807) is 30.2 Å². The Kier molecular flexibility index (Phi) is 4.17. The molecule has 0 bridgehead atoms. The van der Waals surface area contributed by atoms with E-state index in [-0.39, 0.29) is 5.75 Å². The largest absolute Gasteiger partial charge is 0.506 e. The van der Waals surface area contributed by atoms with Gasteiger partial charge in [0.2, 0.25) is 0 Å². The molecule has 3 aromatic heterocycles. The SMILES string of the molecule is Cc1csc(-c2ncc(SCc3ccccn3)cc2O)n1. The molecule has 0 aliphatic rings. The lowest BCUT2D eigenvalue weighted by molar-refractivity contribution is 0.473. The van der Waals surface area contributed by atoms with E-state index in [1.807, 2.05) is 30.5 Å². The molecule has 0 spiro atoms. The molecular formula is C15H13N3OS2. The zero-order valence-electron chi connectivity index (χ0n) is 11.4. The van der Waals surface area contributed by atoms with E-state index in [1.165, 1.54) is 11.3 Å². The van der Waals surface area contributed by atoms with E-state index in [9.17, 15) is 5.11 Å². The Morgan fingerprint density at radius 3 is 2.86 bits per heavy atom. The summed E-state index contributed by atoms with van der Waals surface area (Å²) in [6.45, 7) is 1.92. The van der Waals surface area contributed by atoms with Gasteiger partial charge in [0.1, 0.15) is 16.5 Å². The second kappa shape index (κ2) is 6.24. The van der Waals surface area contributed by atoms with E-state index in [0.29, 0.717) is 5.69 Å². The van der Waals surface area contributed by atoms with Crippen molar-refractivity contribution >= 4 is 23.1 Å². The van der Waals surface area contributed by atoms with Gasteiger partial charge in [0.15, 0.2) is 0 Å². The smallest absolute Gasteiger partial charge is 0.145 e. The Labute approximate surface area is 130 Å². The number of hydrogen-bond acceptors (Lipinski definition) is 6. The van der Waals surface area contributed by atoms with Crippen LogP contribution in [0.2, 0.25) is 0 Å². The maximum atomic E-state index is 10.1. The number of rotatable bonds is 4. The van der Waals surface area contributed by atoms with Crippen molar-refractivity contribution in [1.82, 2.24) is 15.0 Å². The predicted molar refractivity (Wildman–Crippen MR) is 85.5 cm³/mol. The molecule has 4 nitrogen and oxygen atoms in total. The molecule has 0 amide bonds. The van der Waals surface area contributed by atoms with Crippen LogP contribution in [0.4, 0.5) is 0 Å². The fourth-order valence-corrected chi connectivity index (χ4v) is 3.39. The standard InChI is InChI=1S/C15H13N3OS2/c1-10-8-21-15(18-10)14-13(19)6-12(7-17-14)20-9-11-4-2-3-5-16-11/h2-8,19H,9H2,1H3. The molecule has 106 valence electrons. The van der Waals surface area contributed by atoms with Gasteiger partial charge in [-0.3, -0.25) is 4.98 Å². The van der Waals surface area contributed by atoms with Gasteiger partial charge in [0.05, 0.1) is 5.69 Å². The zero-order chi connectivity index (χ0) is 14.7. The van der Waals surface area contributed by atoms with Crippen molar-refractivity contribution in [3.63, 3.8) is 0 Å². The second-order valence-electron chi connectivity index (χ2n) is 4.44. The van der Waals surface area contributed by atoms with E-state index in [2.05, 4.69) is 15.0 Å². The quantitative estimate of drug-likeness (QED) is 0.740. The first-order chi connectivity index (χ1) is 10.2. The van der Waals surface area contributed by atoms with Crippen molar-refractivity contribution < 1.29 is 5.11 Å². The molecule has 0 aliphatic carbocycles. The van der Waals surface area contributed by atoms with Crippen molar-refractivity contribution in [3.8, 4) is 16.5 Å². The first-order valence-corrected chi connectivity index (χ1v) is 8.23. The number of aromatic nitrogens is 3. The summed E-state index contributed by atoms with van der Waals surface area (Å²) in [5, 5.41) is 12.8. The zero-order valence-corrected chi connectivity index (χ0v) is 13.0. The molecule has 21 heavy (non-hydrogen) atoms. The summed E-state index contributed by atoms with van der Waals surface area (Å²) in [7, 11) is 0. The van der Waals surface area contributed by atoms with Gasteiger partial charge >= 0.3 is 0 Å². The number of nitrogens with zero attached hydrogens (tertiary/aromatic N) is 3. The molecule has 0 aliphatic heterocycles. The van der Waals surface area contributed by atoms with Gasteiger partial charge in [-0.1, -0.05) is 6.07 Å². The topological polar surface area (TPSA) is 58.9 Å². The lowest BCUT2D eigenvalue weighted by atomic mass is 10.3. The summed E-state index contributed by atoms with van der Waals surface area (Å²) < 4.78 is 0. The lowest BCUT2D eigenvalue weighted by Crippen LogP contribution is -1.87. The van der Waals surface area contributed by atoms with Crippen LogP contribution in [0.25, 0.3) is 10.7 Å². The molecule has 0 aromatic carbocycles. The van der Waals surface area contributed by atoms with Gasteiger partial charge in [-0.15, -0.1) is 23.1 Å². The van der Waals surface area contributed by atoms with Gasteiger partial charge in [0, 0.05) is 34.1 Å². The molecule has 0 unspecified atom stereocenters. The molecule has 0 saturated heterocycles. The first kappa shape index (κ1) is 14.0. The predicted octanol–water partition coefficient (Wildman–Crippen LogP) is 3.91. The van der Waals surface area contributed by atoms with Gasteiger partial charge in [-0.05, 0) is 25.1 Å². The van der Waals surface area contributed by atoms with Crippen LogP contribution in [-0.4, -0.2) is 20.1 Å². The summed E-state index contributed by atoms with van der Waals surface area (Å²) in [4.78, 5) is 13.9. The summed E-state index contributed by atoms with van der Waals surface area (Å²) in [5.74, 6) is 0.910. The molecule has 1 N–H and O–H groups in total. The number of hydrogen-bond donors (Lipinski definition) is 1. The highest BCUT2D eigenvalue weighted by atomic mass is 32.2. The van der Waals surface area contributed by atoms with Crippen LogP contribution in [0.3, 0.4) is 0 Å². The number of aromatic hydroxyl groups is 1. The highest BCUT2D eigenvalue weighted by Gasteiger charge is 2.11. The summed E-state index contributed by atoms with van der Waals surface area (Å²) >= 11 is 3.08. The summed E-state index contributed by atoms with van der Waals surface area (Å²) in [6, 6.07) is 7.57. The van der Waals surface area contributed by atoms with E-state index < -0.39 is 0 Å². The Morgan fingerprint density at radius 2 is 2.19 bits per heavy atom. The highest BCUT2D eigenvalue weighted by Crippen LogP contribution is 2.33. The van der Waals surface area contributed by atoms with Crippen LogP contribution < -0.4 is 0 Å². The van der Waals surface area contributed by atoms with E-state index in [0.717, 1.165) is 27.0 Å². The fraction of sp³-hybridized carbons (Fsp3) is 0.133. The lowest BCUT2D eigenvalue weighted by Gasteiger charge is -2.04. The van der Waals surface area contributed by atoms with E-state index in [4.69, 9.17) is 0 Å². The van der Waals surface area contributed by atoms with Crippen molar-refractivity contribution in [2.24, 2.45) is 0 Å². The van der Waals surface area contributed by atoms with Crippen molar-refractivity contribution in [2.45, 2.75) is 17.6 Å². The molecule has 3 aromatic rings. The third-order valence-electron chi connectivity index (χ3n) is 2.78. The normalized spacial score (nSPS) is 10.7. The molecule has 6 heteroatoms. The van der Waals surface area contributed by atoms with Crippen molar-refractivity contribution in [2.75, 3.05) is 0 Å². The maximum Gasteiger partial charge on any atom is 0.145 e. The van der Waals surface area contributed by atoms with Crippen LogP contribution in [0.15, 0.2) is 46.9 Å². The van der Waals surface area contributed by atoms with E-state index >= 15 is 0 Å². The summed E-state index contributed by atoms with van der Waals surface area (Å²) in [6.07, 6.45) is 3.54. The molecule has 0 saturated carbocycles. The third-order valence-corrected chi connectivity index (χ3v) is 4.74. The molecular weight excluding hydrogens is 302 g/mol. The first-order valence-electron chi connectivity index (χ1n) is 6.36. The van der Waals surface area contributed by atoms with Crippen LogP contribution in [-0.2, 0) is 5.75 Å². The highest BCUT2D eigenvalue weighted by molar-refractivity contribution is 7.98. The minimum atomic E-state index is 0.162. The minimum absolute atomic E-state index is 0.162. The average molecular weight is 315 g/mol. The van der Waals surface area contributed by atoms with Gasteiger partial charge < -0.3 is 5.11 Å². The number of thiazole rings is 1.